The van der Waals surface area contributed by atoms with Gasteiger partial charge in [-0.25, -0.2) is 18.0 Å². The van der Waals surface area contributed by atoms with Gasteiger partial charge < -0.3 is 14.8 Å². The second-order valence-electron chi connectivity index (χ2n) is 6.66. The molecule has 0 aliphatic rings. The van der Waals surface area contributed by atoms with E-state index in [0.29, 0.717) is 6.42 Å². The van der Waals surface area contributed by atoms with Gasteiger partial charge in [0.2, 0.25) is 34.8 Å². The van der Waals surface area contributed by atoms with Crippen molar-refractivity contribution in [1.82, 2.24) is 5.32 Å². The van der Waals surface area contributed by atoms with Crippen molar-refractivity contribution < 1.29 is 41.0 Å². The van der Waals surface area contributed by atoms with Gasteiger partial charge in [-0.3, -0.25) is 4.79 Å². The molecule has 0 aromatic heterocycles. The van der Waals surface area contributed by atoms with Gasteiger partial charge in [0.1, 0.15) is 5.60 Å². The first kappa shape index (κ1) is 22.7. The van der Waals surface area contributed by atoms with Crippen LogP contribution in [-0.4, -0.2) is 23.7 Å². The third kappa shape index (κ3) is 6.37. The Morgan fingerprint density at radius 2 is 1.44 bits per heavy atom. The lowest BCUT2D eigenvalue weighted by Gasteiger charge is -2.23. The zero-order chi connectivity index (χ0) is 20.9. The van der Waals surface area contributed by atoms with Crippen LogP contribution in [0.15, 0.2) is 0 Å². The maximum Gasteiger partial charge on any atom is 0.407 e. The number of esters is 1. The minimum absolute atomic E-state index is 0.00394. The number of benzene rings is 1. The van der Waals surface area contributed by atoms with Crippen LogP contribution in [0.1, 0.15) is 47.0 Å². The van der Waals surface area contributed by atoms with Crippen molar-refractivity contribution in [2.75, 3.05) is 0 Å². The van der Waals surface area contributed by atoms with Crippen LogP contribution in [0, 0.1) is 29.1 Å². The average Bonchev–Trinajstić information content (AvgIpc) is 2.57. The number of carbonyl (C=O) groups is 2. The van der Waals surface area contributed by atoms with E-state index in [9.17, 15) is 31.5 Å². The number of carbonyl (C=O) groups excluding carboxylic acids is 2. The number of hydrogen-bond donors (Lipinski definition) is 1. The predicted molar refractivity (Wildman–Crippen MR) is 84.5 cm³/mol. The van der Waals surface area contributed by atoms with Gasteiger partial charge in [-0.1, -0.05) is 6.92 Å². The molecule has 0 radical (unpaired) electrons. The highest BCUT2D eigenvalue weighted by atomic mass is 19.2. The summed E-state index contributed by atoms with van der Waals surface area (Å²) in [5.74, 6) is -14.1. The van der Waals surface area contributed by atoms with Crippen LogP contribution in [0.25, 0.3) is 0 Å². The van der Waals surface area contributed by atoms with E-state index in [1.807, 2.05) is 0 Å². The van der Waals surface area contributed by atoms with E-state index in [4.69, 9.17) is 4.74 Å². The Kier molecular flexibility index (Phi) is 7.55. The van der Waals surface area contributed by atoms with E-state index in [1.54, 1.807) is 27.7 Å². The summed E-state index contributed by atoms with van der Waals surface area (Å²) < 4.78 is 75.4. The monoisotopic (exact) mass is 397 g/mol. The minimum atomic E-state index is -2.35. The highest BCUT2D eigenvalue weighted by Gasteiger charge is 2.28. The van der Waals surface area contributed by atoms with E-state index in [-0.39, 0.29) is 6.42 Å². The molecule has 0 spiro atoms. The van der Waals surface area contributed by atoms with Gasteiger partial charge in [-0.15, -0.1) is 0 Å². The Morgan fingerprint density at radius 1 is 0.963 bits per heavy atom. The molecule has 0 heterocycles. The van der Waals surface area contributed by atoms with Crippen LogP contribution in [0.2, 0.25) is 0 Å². The Labute approximate surface area is 152 Å². The van der Waals surface area contributed by atoms with Crippen molar-refractivity contribution in [2.45, 2.75) is 58.6 Å². The van der Waals surface area contributed by atoms with Crippen molar-refractivity contribution in [1.29, 1.82) is 0 Å². The molecular weight excluding hydrogens is 377 g/mol. The topological polar surface area (TPSA) is 64.6 Å². The van der Waals surface area contributed by atoms with Crippen molar-refractivity contribution in [3.63, 3.8) is 0 Å². The smallest absolute Gasteiger partial charge is 0.407 e. The molecule has 0 saturated carbocycles. The predicted octanol–water partition coefficient (Wildman–Crippen LogP) is 4.37. The van der Waals surface area contributed by atoms with Crippen LogP contribution in [0.5, 0.6) is 5.75 Å². The first-order chi connectivity index (χ1) is 12.4. The van der Waals surface area contributed by atoms with Gasteiger partial charge in [0, 0.05) is 12.5 Å². The van der Waals surface area contributed by atoms with Gasteiger partial charge in [0.05, 0.1) is 0 Å². The van der Waals surface area contributed by atoms with Gasteiger partial charge in [0.15, 0.2) is 0 Å². The number of rotatable bonds is 6. The summed E-state index contributed by atoms with van der Waals surface area (Å²) in [6, 6.07) is -0.524. The quantitative estimate of drug-likeness (QED) is 0.255. The van der Waals surface area contributed by atoms with Gasteiger partial charge >= 0.3 is 12.1 Å². The molecule has 0 unspecified atom stereocenters. The van der Waals surface area contributed by atoms with Crippen LogP contribution in [0.4, 0.5) is 26.7 Å². The first-order valence-electron chi connectivity index (χ1n) is 8.09. The summed E-state index contributed by atoms with van der Waals surface area (Å²) in [5, 5.41) is 2.50. The molecule has 1 aromatic rings. The molecule has 1 aromatic carbocycles. The molecule has 1 N–H and O–H groups in total. The van der Waals surface area contributed by atoms with E-state index < -0.39 is 65.0 Å². The molecule has 5 nitrogen and oxygen atoms in total. The lowest BCUT2D eigenvalue weighted by Crippen LogP contribution is -2.39. The second-order valence-corrected chi connectivity index (χ2v) is 6.66. The summed E-state index contributed by atoms with van der Waals surface area (Å²) in [4.78, 5) is 23.4. The Bertz CT molecular complexity index is 689. The number of halogens is 5. The van der Waals surface area contributed by atoms with E-state index in [2.05, 4.69) is 10.1 Å². The summed E-state index contributed by atoms with van der Waals surface area (Å²) in [6.45, 7) is 6.69. The average molecular weight is 397 g/mol. The zero-order valence-electron chi connectivity index (χ0n) is 15.2. The molecule has 0 bridgehead atoms. The second kappa shape index (κ2) is 9.01. The van der Waals surface area contributed by atoms with E-state index in [1.165, 1.54) is 0 Å². The minimum Gasteiger partial charge on any atom is -0.444 e. The number of alkyl carbamates (subject to hydrolysis) is 1. The lowest BCUT2D eigenvalue weighted by atomic mass is 10.1. The highest BCUT2D eigenvalue weighted by molar-refractivity contribution is 5.73. The van der Waals surface area contributed by atoms with Crippen molar-refractivity contribution in [3.8, 4) is 5.75 Å². The molecule has 27 heavy (non-hydrogen) atoms. The highest BCUT2D eigenvalue weighted by Crippen LogP contribution is 2.29. The van der Waals surface area contributed by atoms with Crippen LogP contribution in [-0.2, 0) is 9.53 Å². The van der Waals surface area contributed by atoms with Gasteiger partial charge in [-0.2, -0.15) is 8.78 Å². The molecule has 0 aliphatic carbocycles. The summed E-state index contributed by atoms with van der Waals surface area (Å²) >= 11 is 0. The van der Waals surface area contributed by atoms with Crippen LogP contribution >= 0.6 is 0 Å². The Balaban J connectivity index is 2.71. The molecule has 1 atom stereocenters. The fourth-order valence-corrected chi connectivity index (χ4v) is 1.98. The molecule has 0 saturated heterocycles. The summed E-state index contributed by atoms with van der Waals surface area (Å²) in [5.41, 5.74) is -0.729. The van der Waals surface area contributed by atoms with Crippen LogP contribution in [0.3, 0.4) is 0 Å². The van der Waals surface area contributed by atoms with Gasteiger partial charge in [-0.05, 0) is 33.6 Å². The van der Waals surface area contributed by atoms with Crippen molar-refractivity contribution in [3.05, 3.63) is 29.1 Å². The fraction of sp³-hybridized carbons (Fsp3) is 0.529. The maximum absolute atomic E-state index is 13.5. The summed E-state index contributed by atoms with van der Waals surface area (Å²) in [7, 11) is 0. The number of ether oxygens (including phenoxy) is 2. The molecule has 1 amide bonds. The van der Waals surface area contributed by atoms with Crippen LogP contribution < -0.4 is 10.1 Å². The molecule has 0 aliphatic heterocycles. The Morgan fingerprint density at radius 3 is 1.89 bits per heavy atom. The van der Waals surface area contributed by atoms with Gasteiger partial charge in [0.25, 0.3) is 0 Å². The molecule has 10 heteroatoms. The van der Waals surface area contributed by atoms with Crippen molar-refractivity contribution in [2.24, 2.45) is 0 Å². The Hall–Kier alpha value is -2.39. The number of hydrogen-bond acceptors (Lipinski definition) is 4. The normalized spacial score (nSPS) is 12.5. The third-order valence-electron chi connectivity index (χ3n) is 3.30. The first-order valence-corrected chi connectivity index (χ1v) is 8.09. The molecule has 1 rings (SSSR count). The molecule has 152 valence electrons. The van der Waals surface area contributed by atoms with E-state index in [0.717, 1.165) is 0 Å². The maximum atomic E-state index is 13.5. The third-order valence-corrected chi connectivity index (χ3v) is 3.30. The lowest BCUT2D eigenvalue weighted by molar-refractivity contribution is -0.135. The summed E-state index contributed by atoms with van der Waals surface area (Å²) in [6.07, 6.45) is -0.755. The van der Waals surface area contributed by atoms with Crippen molar-refractivity contribution >= 4 is 12.1 Å². The standard InChI is InChI=1S/C17H20F5NO4/c1-5-8(23-16(25)27-17(2,3)4)6-7-9(24)26-15-13(21)11(19)10(18)12(20)14(15)22/h8H,5-7H2,1-4H3,(H,23,25)/t8-/m0/s1. The zero-order valence-corrected chi connectivity index (χ0v) is 15.2. The SMILES string of the molecule is CC[C@@H](CCC(=O)Oc1c(F)c(F)c(F)c(F)c1F)NC(=O)OC(C)(C)C. The number of amides is 1. The fourth-order valence-electron chi connectivity index (χ4n) is 1.98. The largest absolute Gasteiger partial charge is 0.444 e. The molecule has 0 fully saturated rings. The molecular formula is C17H20F5NO4. The number of nitrogens with one attached hydrogen (secondary N) is 1. The van der Waals surface area contributed by atoms with E-state index >= 15 is 0 Å².